The number of ether oxygens (including phenoxy) is 3. The van der Waals surface area contributed by atoms with Crippen molar-refractivity contribution in [2.45, 2.75) is 6.04 Å². The van der Waals surface area contributed by atoms with E-state index < -0.39 is 23.5 Å². The molecule has 0 radical (unpaired) electrons. The number of furan rings is 1. The third-order valence-electron chi connectivity index (χ3n) is 5.26. The average Bonchev–Trinajstić information content (AvgIpc) is 3.45. The number of benzene rings is 2. The first kappa shape index (κ1) is 21.0. The van der Waals surface area contributed by atoms with Crippen molar-refractivity contribution in [2.75, 3.05) is 26.2 Å². The van der Waals surface area contributed by atoms with Crippen molar-refractivity contribution in [3.05, 3.63) is 77.8 Å². The van der Waals surface area contributed by atoms with Gasteiger partial charge in [-0.05, 0) is 42.5 Å². The highest BCUT2D eigenvalue weighted by Gasteiger charge is 2.49. The van der Waals surface area contributed by atoms with Gasteiger partial charge >= 0.3 is 0 Å². The van der Waals surface area contributed by atoms with Crippen LogP contribution in [0.5, 0.6) is 17.2 Å². The Kier molecular flexibility index (Phi) is 5.59. The van der Waals surface area contributed by atoms with Crippen molar-refractivity contribution in [3.8, 4) is 17.2 Å². The number of aliphatic hydroxyl groups is 1. The number of aliphatic hydroxyl groups excluding tert-OH is 1. The summed E-state index contributed by atoms with van der Waals surface area (Å²) >= 11 is 0. The van der Waals surface area contributed by atoms with Gasteiger partial charge in [0.25, 0.3) is 11.7 Å². The lowest BCUT2D eigenvalue weighted by Crippen LogP contribution is -2.29. The van der Waals surface area contributed by atoms with E-state index in [-0.39, 0.29) is 11.1 Å². The number of ketones is 1. The number of methoxy groups -OCH3 is 3. The number of hydrogen-bond acceptors (Lipinski definition) is 7. The van der Waals surface area contributed by atoms with E-state index in [9.17, 15) is 14.7 Å². The number of carbonyl (C=O) groups excluding carboxylic acids is 2. The Labute approximate surface area is 184 Å². The molecule has 0 saturated carbocycles. The van der Waals surface area contributed by atoms with Crippen molar-refractivity contribution in [3.63, 3.8) is 0 Å². The third kappa shape index (κ3) is 3.35. The summed E-state index contributed by atoms with van der Waals surface area (Å²) in [7, 11) is 4.39. The van der Waals surface area contributed by atoms with E-state index in [1.807, 2.05) is 0 Å². The predicted molar refractivity (Wildman–Crippen MR) is 116 cm³/mol. The SMILES string of the molecule is COc1ccc(OC)c(/C(O)=C2/C(=O)C(=O)N(c3ccccc3OC)C2c2ccco2)c1. The first-order chi connectivity index (χ1) is 15.5. The molecule has 1 aliphatic rings. The molecule has 3 aromatic rings. The zero-order chi connectivity index (χ0) is 22.8. The second-order valence-corrected chi connectivity index (χ2v) is 6.92. The van der Waals surface area contributed by atoms with Crippen LogP contribution in [0.3, 0.4) is 0 Å². The minimum Gasteiger partial charge on any atom is -0.507 e. The molecule has 1 amide bonds. The maximum atomic E-state index is 13.2. The Morgan fingerprint density at radius 3 is 2.34 bits per heavy atom. The first-order valence-corrected chi connectivity index (χ1v) is 9.71. The summed E-state index contributed by atoms with van der Waals surface area (Å²) in [6, 6.07) is 13.9. The predicted octanol–water partition coefficient (Wildman–Crippen LogP) is 3.93. The Bertz CT molecular complexity index is 1200. The quantitative estimate of drug-likeness (QED) is 0.356. The van der Waals surface area contributed by atoms with E-state index in [1.54, 1.807) is 48.5 Å². The Morgan fingerprint density at radius 1 is 0.938 bits per heavy atom. The fraction of sp³-hybridized carbons (Fsp3) is 0.167. The Hall–Kier alpha value is -4.20. The highest BCUT2D eigenvalue weighted by atomic mass is 16.5. The van der Waals surface area contributed by atoms with E-state index >= 15 is 0 Å². The minimum atomic E-state index is -1.02. The zero-order valence-corrected chi connectivity index (χ0v) is 17.7. The molecule has 8 nitrogen and oxygen atoms in total. The molecule has 0 bridgehead atoms. The molecule has 1 unspecified atom stereocenters. The maximum Gasteiger partial charge on any atom is 0.300 e. The summed E-state index contributed by atoms with van der Waals surface area (Å²) in [4.78, 5) is 27.6. The minimum absolute atomic E-state index is 0.137. The molecule has 1 aromatic heterocycles. The maximum absolute atomic E-state index is 13.2. The molecule has 2 heterocycles. The molecule has 1 atom stereocenters. The number of amides is 1. The van der Waals surface area contributed by atoms with Crippen molar-refractivity contribution in [1.29, 1.82) is 0 Å². The molecule has 2 aromatic carbocycles. The lowest BCUT2D eigenvalue weighted by Gasteiger charge is -2.25. The zero-order valence-electron chi connectivity index (χ0n) is 17.7. The number of Topliss-reactive ketones (excluding diaryl/α,β-unsaturated/α-hetero) is 1. The molecule has 1 N–H and O–H groups in total. The van der Waals surface area contributed by atoms with Gasteiger partial charge in [-0.1, -0.05) is 12.1 Å². The standard InChI is InChI=1S/C24H21NO7/c1-29-14-10-11-17(30-2)15(13-14)22(26)20-21(19-9-6-12-32-19)25(24(28)23(20)27)16-7-4-5-8-18(16)31-3/h4-13,21,26H,1-3H3/b22-20-. The van der Waals surface area contributed by atoms with Gasteiger partial charge in [0, 0.05) is 0 Å². The van der Waals surface area contributed by atoms with E-state index in [4.69, 9.17) is 18.6 Å². The van der Waals surface area contributed by atoms with Crippen LogP contribution in [-0.4, -0.2) is 38.1 Å². The summed E-state index contributed by atoms with van der Waals surface area (Å²) < 4.78 is 21.6. The molecular weight excluding hydrogens is 414 g/mol. The van der Waals surface area contributed by atoms with E-state index in [0.29, 0.717) is 28.7 Å². The van der Waals surface area contributed by atoms with Crippen LogP contribution in [-0.2, 0) is 9.59 Å². The van der Waals surface area contributed by atoms with Gasteiger partial charge in [0.05, 0.1) is 44.4 Å². The number of nitrogens with zero attached hydrogens (tertiary/aromatic N) is 1. The van der Waals surface area contributed by atoms with Crippen molar-refractivity contribution >= 4 is 23.1 Å². The van der Waals surface area contributed by atoms with E-state index in [0.717, 1.165) is 0 Å². The summed E-state index contributed by atoms with van der Waals surface area (Å²) in [5, 5.41) is 11.3. The van der Waals surface area contributed by atoms with Crippen molar-refractivity contribution < 1.29 is 33.3 Å². The van der Waals surface area contributed by atoms with Gasteiger partial charge in [0.1, 0.15) is 34.8 Å². The average molecular weight is 435 g/mol. The van der Waals surface area contributed by atoms with Gasteiger partial charge in [0.2, 0.25) is 0 Å². The lowest BCUT2D eigenvalue weighted by molar-refractivity contribution is -0.132. The van der Waals surface area contributed by atoms with Gasteiger partial charge in [-0.25, -0.2) is 0 Å². The number of anilines is 1. The molecule has 1 fully saturated rings. The first-order valence-electron chi connectivity index (χ1n) is 9.71. The summed E-state index contributed by atoms with van der Waals surface area (Å²) in [5.74, 6) is -0.633. The summed E-state index contributed by atoms with van der Waals surface area (Å²) in [6.07, 6.45) is 1.43. The molecule has 8 heteroatoms. The molecule has 1 aliphatic heterocycles. The lowest BCUT2D eigenvalue weighted by atomic mass is 9.98. The number of para-hydroxylation sites is 2. The van der Waals surface area contributed by atoms with Crippen LogP contribution in [0.25, 0.3) is 5.76 Å². The summed E-state index contributed by atoms with van der Waals surface area (Å²) in [6.45, 7) is 0. The fourth-order valence-corrected chi connectivity index (χ4v) is 3.77. The van der Waals surface area contributed by atoms with E-state index in [1.165, 1.54) is 38.6 Å². The van der Waals surface area contributed by atoms with Crippen molar-refractivity contribution in [1.82, 2.24) is 0 Å². The normalized spacial score (nSPS) is 17.5. The van der Waals surface area contributed by atoms with Gasteiger partial charge in [0.15, 0.2) is 0 Å². The molecule has 164 valence electrons. The smallest absolute Gasteiger partial charge is 0.300 e. The van der Waals surface area contributed by atoms with Gasteiger partial charge in [-0.3, -0.25) is 14.5 Å². The molecular formula is C24H21NO7. The highest BCUT2D eigenvalue weighted by Crippen LogP contribution is 2.46. The molecule has 32 heavy (non-hydrogen) atoms. The van der Waals surface area contributed by atoms with Gasteiger partial charge in [-0.2, -0.15) is 0 Å². The van der Waals surface area contributed by atoms with E-state index in [2.05, 4.69) is 0 Å². The number of carbonyl (C=O) groups is 2. The fourth-order valence-electron chi connectivity index (χ4n) is 3.77. The Morgan fingerprint density at radius 2 is 1.69 bits per heavy atom. The second-order valence-electron chi connectivity index (χ2n) is 6.92. The van der Waals surface area contributed by atoms with Crippen LogP contribution in [0, 0.1) is 0 Å². The largest absolute Gasteiger partial charge is 0.507 e. The van der Waals surface area contributed by atoms with Crippen LogP contribution in [0.2, 0.25) is 0 Å². The van der Waals surface area contributed by atoms with Crippen molar-refractivity contribution in [2.24, 2.45) is 0 Å². The summed E-state index contributed by atoms with van der Waals surface area (Å²) in [5.41, 5.74) is 0.444. The third-order valence-corrected chi connectivity index (χ3v) is 5.26. The molecule has 0 aliphatic carbocycles. The molecule has 4 rings (SSSR count). The van der Waals surface area contributed by atoms with Crippen LogP contribution in [0.1, 0.15) is 17.4 Å². The van der Waals surface area contributed by atoms with Gasteiger partial charge < -0.3 is 23.7 Å². The number of hydrogen-bond donors (Lipinski definition) is 1. The highest BCUT2D eigenvalue weighted by molar-refractivity contribution is 6.51. The second kappa shape index (κ2) is 8.50. The topological polar surface area (TPSA) is 98.4 Å². The van der Waals surface area contributed by atoms with Crippen LogP contribution < -0.4 is 19.1 Å². The monoisotopic (exact) mass is 435 g/mol. The van der Waals surface area contributed by atoms with Crippen LogP contribution >= 0.6 is 0 Å². The van der Waals surface area contributed by atoms with Crippen LogP contribution in [0.4, 0.5) is 5.69 Å². The Balaban J connectivity index is 1.98. The number of rotatable bonds is 6. The van der Waals surface area contributed by atoms with Crippen LogP contribution in [0.15, 0.2) is 70.9 Å². The molecule has 1 saturated heterocycles. The van der Waals surface area contributed by atoms with Gasteiger partial charge in [-0.15, -0.1) is 0 Å². The molecule has 0 spiro atoms.